The van der Waals surface area contributed by atoms with Gasteiger partial charge in [0, 0.05) is 12.8 Å². The van der Waals surface area contributed by atoms with Crippen LogP contribution in [0, 0.1) is 0 Å². The van der Waals surface area contributed by atoms with Crippen LogP contribution in [0.25, 0.3) is 0 Å². The van der Waals surface area contributed by atoms with Gasteiger partial charge in [-0.15, -0.1) is 0 Å². The van der Waals surface area contributed by atoms with Crippen molar-refractivity contribution in [1.29, 1.82) is 0 Å². The van der Waals surface area contributed by atoms with E-state index in [2.05, 4.69) is 6.92 Å². The van der Waals surface area contributed by atoms with Gasteiger partial charge in [0.1, 0.15) is 0 Å². The topological polar surface area (TPSA) is 141 Å². The molecule has 0 aliphatic carbocycles. The van der Waals surface area contributed by atoms with Crippen molar-refractivity contribution < 1.29 is 30.0 Å². The molecule has 0 fully saturated rings. The lowest BCUT2D eigenvalue weighted by molar-refractivity contribution is -0.138. The van der Waals surface area contributed by atoms with Crippen molar-refractivity contribution in [2.45, 2.75) is 58.3 Å². The van der Waals surface area contributed by atoms with Crippen molar-refractivity contribution in [1.82, 2.24) is 0 Å². The van der Waals surface area contributed by atoms with Crippen molar-refractivity contribution in [3.63, 3.8) is 0 Å². The number of rotatable bonds is 10. The molecule has 0 aromatic carbocycles. The molecule has 128 valence electrons. The number of aliphatic hydroxyl groups is 2. The second kappa shape index (κ2) is 23.9. The Bertz CT molecular complexity index is 202. The Labute approximate surface area is 126 Å². The van der Waals surface area contributed by atoms with E-state index in [1.165, 1.54) is 12.8 Å². The maximum atomic E-state index is 10.0. The van der Waals surface area contributed by atoms with E-state index in [0.29, 0.717) is 12.8 Å². The smallest absolute Gasteiger partial charge is 0.303 e. The van der Waals surface area contributed by atoms with Crippen molar-refractivity contribution in [2.75, 3.05) is 19.8 Å². The lowest BCUT2D eigenvalue weighted by atomic mass is 10.1. The van der Waals surface area contributed by atoms with Crippen LogP contribution in [0.5, 0.6) is 0 Å². The van der Waals surface area contributed by atoms with Crippen molar-refractivity contribution in [2.24, 2.45) is 5.73 Å². The van der Waals surface area contributed by atoms with Gasteiger partial charge in [-0.1, -0.05) is 26.2 Å². The zero-order valence-electron chi connectivity index (χ0n) is 13.0. The summed E-state index contributed by atoms with van der Waals surface area (Å²) in [5.41, 5.74) is 5.14. The third-order valence-corrected chi connectivity index (χ3v) is 2.19. The lowest BCUT2D eigenvalue weighted by Crippen LogP contribution is -1.95. The van der Waals surface area contributed by atoms with Crippen LogP contribution in [0.4, 0.5) is 0 Å². The quantitative estimate of drug-likeness (QED) is 0.382. The van der Waals surface area contributed by atoms with Crippen LogP contribution < -0.4 is 5.73 Å². The summed E-state index contributed by atoms with van der Waals surface area (Å²) in [6.45, 7) is 2.73. The van der Waals surface area contributed by atoms with Crippen LogP contribution in [0.1, 0.15) is 58.3 Å². The van der Waals surface area contributed by atoms with Crippen molar-refractivity contribution in [3.8, 4) is 0 Å². The second-order valence-corrected chi connectivity index (χ2v) is 4.29. The Morgan fingerprint density at radius 1 is 0.810 bits per heavy atom. The largest absolute Gasteiger partial charge is 0.481 e. The number of hydrogen-bond acceptors (Lipinski definition) is 5. The van der Waals surface area contributed by atoms with Gasteiger partial charge in [0.25, 0.3) is 0 Å². The highest BCUT2D eigenvalue weighted by Crippen LogP contribution is 2.04. The minimum atomic E-state index is -0.784. The Morgan fingerprint density at radius 3 is 1.33 bits per heavy atom. The minimum absolute atomic E-state index is 0.125. The van der Waals surface area contributed by atoms with Crippen molar-refractivity contribution >= 4 is 11.9 Å². The monoisotopic (exact) mass is 309 g/mol. The van der Waals surface area contributed by atoms with Crippen molar-refractivity contribution in [3.05, 3.63) is 0 Å². The second-order valence-electron chi connectivity index (χ2n) is 4.29. The molecule has 0 aliphatic rings. The van der Waals surface area contributed by atoms with Gasteiger partial charge in [0.15, 0.2) is 0 Å². The molecular formula is C14H31NO6. The van der Waals surface area contributed by atoms with E-state index in [1.54, 1.807) is 0 Å². The fourth-order valence-electron chi connectivity index (χ4n) is 1.11. The third kappa shape index (κ3) is 45.5. The maximum absolute atomic E-state index is 10.0. The molecule has 0 aromatic rings. The van der Waals surface area contributed by atoms with Gasteiger partial charge in [-0.2, -0.15) is 0 Å². The molecule has 21 heavy (non-hydrogen) atoms. The average molecular weight is 309 g/mol. The van der Waals surface area contributed by atoms with Gasteiger partial charge < -0.3 is 26.2 Å². The first-order valence-electron chi connectivity index (χ1n) is 7.31. The summed E-state index contributed by atoms with van der Waals surface area (Å²) < 4.78 is 0. The standard InChI is InChI=1S/C8H14O4.C4H11N.C2H6O2/c9-7(10)5-3-1-2-4-6-8(11)12;1-2-3-4-5;3-1-2-4/h1-6H2,(H,9,10)(H,11,12);2-5H2,1H3;3-4H,1-2H2. The first-order valence-corrected chi connectivity index (χ1v) is 7.31. The molecule has 0 aliphatic heterocycles. The summed E-state index contributed by atoms with van der Waals surface area (Å²) in [7, 11) is 0. The van der Waals surface area contributed by atoms with Gasteiger partial charge in [-0.05, 0) is 25.8 Å². The zero-order chi connectivity index (χ0) is 16.9. The molecule has 0 spiro atoms. The molecule has 0 saturated heterocycles. The summed E-state index contributed by atoms with van der Waals surface area (Å²) in [4.78, 5) is 20.1. The molecule has 0 heterocycles. The first kappa shape index (κ1) is 24.8. The van der Waals surface area contributed by atoms with E-state index in [4.69, 9.17) is 26.2 Å². The summed E-state index contributed by atoms with van der Waals surface area (Å²) >= 11 is 0. The molecule has 0 saturated carbocycles. The first-order chi connectivity index (χ1) is 9.95. The number of unbranched alkanes of at least 4 members (excludes halogenated alkanes) is 4. The molecule has 7 heteroatoms. The van der Waals surface area contributed by atoms with Crippen LogP contribution in [0.2, 0.25) is 0 Å². The van der Waals surface area contributed by atoms with Gasteiger partial charge in [0.2, 0.25) is 0 Å². The molecule has 0 unspecified atom stereocenters. The number of hydrogen-bond donors (Lipinski definition) is 5. The van der Waals surface area contributed by atoms with Crippen LogP contribution in [-0.4, -0.2) is 52.1 Å². The summed E-state index contributed by atoms with van der Waals surface area (Å²) in [6, 6.07) is 0. The van der Waals surface area contributed by atoms with Crippen LogP contribution in [0.15, 0.2) is 0 Å². The molecule has 0 amide bonds. The lowest BCUT2D eigenvalue weighted by Gasteiger charge is -1.96. The number of carbonyl (C=O) groups is 2. The van der Waals surface area contributed by atoms with Crippen LogP contribution >= 0.6 is 0 Å². The van der Waals surface area contributed by atoms with E-state index in [0.717, 1.165) is 19.4 Å². The summed E-state index contributed by atoms with van der Waals surface area (Å²) in [6.07, 6.45) is 5.67. The molecular weight excluding hydrogens is 278 g/mol. The highest BCUT2D eigenvalue weighted by Gasteiger charge is 1.98. The van der Waals surface area contributed by atoms with E-state index in [-0.39, 0.29) is 26.1 Å². The number of nitrogens with two attached hydrogens (primary N) is 1. The molecule has 0 rings (SSSR count). The van der Waals surface area contributed by atoms with Gasteiger partial charge in [0.05, 0.1) is 13.2 Å². The van der Waals surface area contributed by atoms with Crippen LogP contribution in [0.3, 0.4) is 0 Å². The van der Waals surface area contributed by atoms with Gasteiger partial charge in [-0.3, -0.25) is 9.59 Å². The van der Waals surface area contributed by atoms with Gasteiger partial charge >= 0.3 is 11.9 Å². The number of carboxylic acids is 2. The predicted molar refractivity (Wildman–Crippen MR) is 81.1 cm³/mol. The molecule has 0 radical (unpaired) electrons. The molecule has 0 aromatic heterocycles. The Kier molecular flexibility index (Phi) is 28.2. The van der Waals surface area contributed by atoms with E-state index < -0.39 is 11.9 Å². The molecule has 0 bridgehead atoms. The zero-order valence-corrected chi connectivity index (χ0v) is 13.0. The third-order valence-electron chi connectivity index (χ3n) is 2.19. The van der Waals surface area contributed by atoms with E-state index >= 15 is 0 Å². The SMILES string of the molecule is CCCCN.O=C(O)CCCCCCC(=O)O.OCCO. The number of carboxylic acid groups (broad SMARTS) is 2. The average Bonchev–Trinajstić information content (AvgIpc) is 2.44. The summed E-state index contributed by atoms with van der Waals surface area (Å²) in [5.74, 6) is -1.57. The Morgan fingerprint density at radius 2 is 1.19 bits per heavy atom. The number of aliphatic hydroxyl groups excluding tert-OH is 2. The molecule has 0 atom stereocenters. The highest BCUT2D eigenvalue weighted by atomic mass is 16.4. The Hall–Kier alpha value is -1.18. The summed E-state index contributed by atoms with van der Waals surface area (Å²) in [5, 5.41) is 31.8. The maximum Gasteiger partial charge on any atom is 0.303 e. The fourth-order valence-corrected chi connectivity index (χ4v) is 1.11. The van der Waals surface area contributed by atoms with E-state index in [1.807, 2.05) is 0 Å². The Balaban J connectivity index is -0.000000297. The molecule has 6 N–H and O–H groups in total. The highest BCUT2D eigenvalue weighted by molar-refractivity contribution is 5.66. The van der Waals surface area contributed by atoms with Crippen LogP contribution in [-0.2, 0) is 9.59 Å². The van der Waals surface area contributed by atoms with Gasteiger partial charge in [-0.25, -0.2) is 0 Å². The fraction of sp³-hybridized carbons (Fsp3) is 0.857. The normalized spacial score (nSPS) is 8.95. The molecule has 7 nitrogen and oxygen atoms in total. The minimum Gasteiger partial charge on any atom is -0.481 e. The number of aliphatic carboxylic acids is 2. The predicted octanol–water partition coefficient (Wildman–Crippen LogP) is 1.21. The van der Waals surface area contributed by atoms with E-state index in [9.17, 15) is 9.59 Å².